The molecule has 0 nitrogen and oxygen atoms in total. The molecule has 1 aliphatic heterocycles. The van der Waals surface area contributed by atoms with Crippen molar-refractivity contribution >= 4 is 35.5 Å². The normalized spacial score (nSPS) is 18.6. The molecule has 0 bridgehead atoms. The number of benzene rings is 3. The zero-order valence-electron chi connectivity index (χ0n) is 14.9. The summed E-state index contributed by atoms with van der Waals surface area (Å²) in [6.07, 6.45) is 4.82. The van der Waals surface area contributed by atoms with E-state index in [0.717, 1.165) is 17.9 Å². The van der Waals surface area contributed by atoms with E-state index in [-0.39, 0.29) is 0 Å². The molecule has 132 valence electrons. The third-order valence-corrected chi connectivity index (χ3v) is 8.34. The number of hydrogen-bond donors (Lipinski definition) is 0. The summed E-state index contributed by atoms with van der Waals surface area (Å²) in [5, 5.41) is 0.796. The van der Waals surface area contributed by atoms with Gasteiger partial charge in [-0.1, -0.05) is 0 Å². The first kappa shape index (κ1) is 17.1. The summed E-state index contributed by atoms with van der Waals surface area (Å²) >= 11 is 6.44. The molecule has 2 heteroatoms. The van der Waals surface area contributed by atoms with Crippen LogP contribution in [0.5, 0.6) is 0 Å². The minimum atomic E-state index is 0.310. The summed E-state index contributed by atoms with van der Waals surface area (Å²) in [4.78, 5) is 0. The molecule has 0 spiro atoms. The molecule has 2 aliphatic rings. The molecule has 0 saturated carbocycles. The van der Waals surface area contributed by atoms with Gasteiger partial charge in [0.1, 0.15) is 0 Å². The Morgan fingerprint density at radius 1 is 0.778 bits per heavy atom. The fourth-order valence-corrected chi connectivity index (χ4v) is 7.01. The minimum absolute atomic E-state index is 0.310. The number of rotatable bonds is 2. The van der Waals surface area contributed by atoms with Crippen LogP contribution in [0, 0.1) is 0 Å². The van der Waals surface area contributed by atoms with Crippen molar-refractivity contribution in [2.75, 3.05) is 0 Å². The van der Waals surface area contributed by atoms with E-state index in [1.54, 1.807) is 10.0 Å². The molecule has 0 aromatic heterocycles. The van der Waals surface area contributed by atoms with E-state index in [0.29, 0.717) is 20.9 Å². The molecular formula is C25H19ClSe. The van der Waals surface area contributed by atoms with E-state index in [4.69, 9.17) is 11.6 Å². The van der Waals surface area contributed by atoms with Gasteiger partial charge in [-0.15, -0.1) is 0 Å². The van der Waals surface area contributed by atoms with Gasteiger partial charge in [0.15, 0.2) is 0 Å². The van der Waals surface area contributed by atoms with E-state index in [2.05, 4.69) is 72.8 Å². The molecule has 0 radical (unpaired) electrons. The van der Waals surface area contributed by atoms with Crippen LogP contribution in [0.4, 0.5) is 0 Å². The van der Waals surface area contributed by atoms with E-state index in [1.165, 1.54) is 26.7 Å². The average Bonchev–Trinajstić information content (AvgIpc) is 2.74. The Hall–Kier alpha value is -2.05. The molecule has 3 aromatic rings. The van der Waals surface area contributed by atoms with Crippen LogP contribution in [0.25, 0.3) is 8.94 Å². The van der Waals surface area contributed by atoms with E-state index in [9.17, 15) is 0 Å². The van der Waals surface area contributed by atoms with Gasteiger partial charge in [-0.25, -0.2) is 0 Å². The molecule has 1 aliphatic carbocycles. The summed E-state index contributed by atoms with van der Waals surface area (Å²) in [6, 6.07) is 28.3. The van der Waals surface area contributed by atoms with E-state index < -0.39 is 0 Å². The van der Waals surface area contributed by atoms with Crippen LogP contribution in [0.1, 0.15) is 34.6 Å². The molecular weight excluding hydrogens is 415 g/mol. The zero-order chi connectivity index (χ0) is 18.2. The Labute approximate surface area is 171 Å². The van der Waals surface area contributed by atoms with Crippen molar-refractivity contribution in [2.24, 2.45) is 0 Å². The number of hydrogen-bond acceptors (Lipinski definition) is 0. The van der Waals surface area contributed by atoms with Gasteiger partial charge in [0.2, 0.25) is 0 Å². The summed E-state index contributed by atoms with van der Waals surface area (Å²) in [6.45, 7) is 0. The molecule has 1 unspecified atom stereocenters. The first-order valence-electron chi connectivity index (χ1n) is 9.31. The molecule has 0 N–H and O–H groups in total. The topological polar surface area (TPSA) is 0 Å². The van der Waals surface area contributed by atoms with Crippen LogP contribution in [0.3, 0.4) is 0 Å². The second-order valence-electron chi connectivity index (χ2n) is 7.04. The summed E-state index contributed by atoms with van der Waals surface area (Å²) in [5.74, 6) is 0.371. The van der Waals surface area contributed by atoms with Crippen LogP contribution in [-0.2, 0) is 6.42 Å². The fraction of sp³-hybridized carbons (Fsp3) is 0.120. The Morgan fingerprint density at radius 3 is 2.33 bits per heavy atom. The zero-order valence-corrected chi connectivity index (χ0v) is 17.3. The van der Waals surface area contributed by atoms with Crippen LogP contribution in [-0.4, -0.2) is 15.0 Å². The molecule has 0 fully saturated rings. The van der Waals surface area contributed by atoms with Gasteiger partial charge in [-0.3, -0.25) is 0 Å². The Bertz CT molecular complexity index is 1050. The standard InChI is InChI=1S/C25H19ClSe/c26-20-13-10-19(11-14-20)24-16-23(17-6-2-1-3-7-17)22-15-12-18-8-4-5-9-21(18)25(22)27-24/h1-11,13-14,16,23H,12,15H2. The van der Waals surface area contributed by atoms with Crippen molar-refractivity contribution < 1.29 is 0 Å². The van der Waals surface area contributed by atoms with Crippen molar-refractivity contribution in [1.29, 1.82) is 0 Å². The second-order valence-corrected chi connectivity index (χ2v) is 9.68. The second kappa shape index (κ2) is 7.17. The van der Waals surface area contributed by atoms with Crippen molar-refractivity contribution in [3.8, 4) is 0 Å². The fourth-order valence-electron chi connectivity index (χ4n) is 4.06. The molecule has 27 heavy (non-hydrogen) atoms. The number of allylic oxidation sites excluding steroid dienone is 2. The van der Waals surface area contributed by atoms with Crippen molar-refractivity contribution in [1.82, 2.24) is 0 Å². The molecule has 5 rings (SSSR count). The third-order valence-electron chi connectivity index (χ3n) is 5.41. The summed E-state index contributed by atoms with van der Waals surface area (Å²) in [7, 11) is 0. The van der Waals surface area contributed by atoms with Gasteiger partial charge in [0.25, 0.3) is 0 Å². The van der Waals surface area contributed by atoms with Gasteiger partial charge in [0.05, 0.1) is 0 Å². The Balaban J connectivity index is 1.66. The first-order chi connectivity index (χ1) is 13.3. The van der Waals surface area contributed by atoms with Crippen LogP contribution >= 0.6 is 11.6 Å². The van der Waals surface area contributed by atoms with E-state index in [1.807, 2.05) is 12.1 Å². The SMILES string of the molecule is Clc1ccc(C2=CC(c3ccccc3)C3=C([Se]2)c2ccccc2CC3)cc1. The molecule has 0 saturated heterocycles. The molecule has 1 heterocycles. The average molecular weight is 434 g/mol. The van der Waals surface area contributed by atoms with Crippen molar-refractivity contribution in [2.45, 2.75) is 18.8 Å². The number of aryl methyl sites for hydroxylation is 1. The first-order valence-corrected chi connectivity index (χ1v) is 11.4. The number of halogens is 1. The Morgan fingerprint density at radius 2 is 1.52 bits per heavy atom. The Kier molecular flexibility index (Phi) is 4.53. The molecule has 3 aromatic carbocycles. The predicted molar refractivity (Wildman–Crippen MR) is 116 cm³/mol. The van der Waals surface area contributed by atoms with E-state index >= 15 is 0 Å². The maximum absolute atomic E-state index is 6.13. The molecule has 1 atom stereocenters. The van der Waals surface area contributed by atoms with Crippen LogP contribution in [0.2, 0.25) is 5.02 Å². The third kappa shape index (κ3) is 3.21. The predicted octanol–water partition coefficient (Wildman–Crippen LogP) is 6.54. The van der Waals surface area contributed by atoms with Gasteiger partial charge in [-0.05, 0) is 0 Å². The molecule has 0 amide bonds. The summed E-state index contributed by atoms with van der Waals surface area (Å²) in [5.41, 5.74) is 7.29. The van der Waals surface area contributed by atoms with Gasteiger partial charge >= 0.3 is 172 Å². The maximum atomic E-state index is 6.13. The van der Waals surface area contributed by atoms with Crippen molar-refractivity contribution in [3.05, 3.63) is 118 Å². The van der Waals surface area contributed by atoms with Gasteiger partial charge in [-0.2, -0.15) is 0 Å². The quantitative estimate of drug-likeness (QED) is 0.402. The van der Waals surface area contributed by atoms with Crippen LogP contribution in [0.15, 0.2) is 90.5 Å². The van der Waals surface area contributed by atoms with Gasteiger partial charge in [0, 0.05) is 0 Å². The summed E-state index contributed by atoms with van der Waals surface area (Å²) < 4.78 is 3.05. The monoisotopic (exact) mass is 434 g/mol. The van der Waals surface area contributed by atoms with Gasteiger partial charge < -0.3 is 0 Å². The van der Waals surface area contributed by atoms with Crippen molar-refractivity contribution in [3.63, 3.8) is 0 Å². The van der Waals surface area contributed by atoms with Crippen LogP contribution < -0.4 is 0 Å². The number of fused-ring (bicyclic) bond motifs is 2.